The number of anilines is 1. The van der Waals surface area contributed by atoms with Gasteiger partial charge in [-0.1, -0.05) is 71.9 Å². The normalized spacial score (nSPS) is 12.3. The molecule has 2 aromatic carbocycles. The SMILES string of the molecule is CCC(C(=O)N(CCC(C)C)CC(=O)Nc1cc(C(C)(C)C)nn1-c1ccc(OC)cc1)c1ccccc1. The molecule has 3 rings (SSSR count). The molecule has 0 aliphatic carbocycles. The van der Waals surface area contributed by atoms with E-state index in [1.54, 1.807) is 16.7 Å². The van der Waals surface area contributed by atoms with Gasteiger partial charge in [0.05, 0.1) is 31.0 Å². The molecule has 38 heavy (non-hydrogen) atoms. The minimum atomic E-state index is -0.284. The van der Waals surface area contributed by atoms with E-state index in [0.29, 0.717) is 24.7 Å². The molecule has 3 aromatic rings. The van der Waals surface area contributed by atoms with Crippen LogP contribution >= 0.6 is 0 Å². The Morgan fingerprint density at radius 1 is 1.05 bits per heavy atom. The lowest BCUT2D eigenvalue weighted by Gasteiger charge is -2.27. The number of benzene rings is 2. The van der Waals surface area contributed by atoms with Gasteiger partial charge in [0.25, 0.3) is 0 Å². The molecule has 0 aliphatic heterocycles. The lowest BCUT2D eigenvalue weighted by molar-refractivity contribution is -0.136. The maximum atomic E-state index is 13.7. The average Bonchev–Trinajstić information content (AvgIpc) is 3.31. The molecule has 0 aliphatic rings. The van der Waals surface area contributed by atoms with E-state index in [2.05, 4.69) is 39.9 Å². The predicted octanol–water partition coefficient (Wildman–Crippen LogP) is 6.19. The maximum Gasteiger partial charge on any atom is 0.245 e. The van der Waals surface area contributed by atoms with Gasteiger partial charge in [0.15, 0.2) is 0 Å². The number of nitrogens with zero attached hydrogens (tertiary/aromatic N) is 3. The summed E-state index contributed by atoms with van der Waals surface area (Å²) in [6.07, 6.45) is 1.49. The summed E-state index contributed by atoms with van der Waals surface area (Å²) in [7, 11) is 1.62. The molecular weight excluding hydrogens is 476 g/mol. The van der Waals surface area contributed by atoms with Crippen LogP contribution in [0, 0.1) is 5.92 Å². The lowest BCUT2D eigenvalue weighted by atomic mass is 9.92. The van der Waals surface area contributed by atoms with Crippen LogP contribution in [0.25, 0.3) is 5.69 Å². The van der Waals surface area contributed by atoms with Crippen molar-refractivity contribution in [1.29, 1.82) is 0 Å². The summed E-state index contributed by atoms with van der Waals surface area (Å²) in [6, 6.07) is 19.2. The van der Waals surface area contributed by atoms with E-state index in [1.807, 2.05) is 67.6 Å². The first-order valence-electron chi connectivity index (χ1n) is 13.4. The van der Waals surface area contributed by atoms with Gasteiger partial charge in [0, 0.05) is 18.0 Å². The second-order valence-corrected chi connectivity index (χ2v) is 11.1. The molecule has 1 N–H and O–H groups in total. The van der Waals surface area contributed by atoms with Gasteiger partial charge in [-0.25, -0.2) is 4.68 Å². The average molecular weight is 519 g/mol. The van der Waals surface area contributed by atoms with Gasteiger partial charge in [-0.15, -0.1) is 0 Å². The molecule has 1 atom stereocenters. The molecule has 1 aromatic heterocycles. The first kappa shape index (κ1) is 29.0. The van der Waals surface area contributed by atoms with E-state index in [1.165, 1.54) is 0 Å². The quantitative estimate of drug-likeness (QED) is 0.329. The third-order valence-electron chi connectivity index (χ3n) is 6.59. The number of amides is 2. The Balaban J connectivity index is 1.87. The van der Waals surface area contributed by atoms with E-state index in [-0.39, 0.29) is 29.7 Å². The number of hydrogen-bond acceptors (Lipinski definition) is 4. The van der Waals surface area contributed by atoms with Gasteiger partial charge in [-0.3, -0.25) is 9.59 Å². The van der Waals surface area contributed by atoms with Gasteiger partial charge < -0.3 is 15.0 Å². The van der Waals surface area contributed by atoms with E-state index in [0.717, 1.165) is 29.1 Å². The molecule has 0 spiro atoms. The second-order valence-electron chi connectivity index (χ2n) is 11.1. The highest BCUT2D eigenvalue weighted by molar-refractivity contribution is 5.95. The summed E-state index contributed by atoms with van der Waals surface area (Å²) < 4.78 is 7.02. The first-order chi connectivity index (χ1) is 18.0. The Labute approximate surface area is 227 Å². The van der Waals surface area contributed by atoms with Crippen LogP contribution in [0.4, 0.5) is 5.82 Å². The van der Waals surface area contributed by atoms with Crippen molar-refractivity contribution in [3.63, 3.8) is 0 Å². The van der Waals surface area contributed by atoms with Crippen LogP contribution in [0.3, 0.4) is 0 Å². The van der Waals surface area contributed by atoms with Gasteiger partial charge in [0.1, 0.15) is 11.6 Å². The van der Waals surface area contributed by atoms with Crippen molar-refractivity contribution in [3.05, 3.63) is 71.9 Å². The van der Waals surface area contributed by atoms with Crippen molar-refractivity contribution in [2.45, 2.75) is 65.7 Å². The zero-order valence-electron chi connectivity index (χ0n) is 23.8. The number of methoxy groups -OCH3 is 1. The summed E-state index contributed by atoms with van der Waals surface area (Å²) in [5.74, 6) is 1.17. The van der Waals surface area contributed by atoms with Crippen LogP contribution in [0.2, 0.25) is 0 Å². The number of rotatable bonds is 11. The highest BCUT2D eigenvalue weighted by Gasteiger charge is 2.27. The van der Waals surface area contributed by atoms with E-state index in [9.17, 15) is 9.59 Å². The maximum absolute atomic E-state index is 13.7. The van der Waals surface area contributed by atoms with Crippen LogP contribution in [0.5, 0.6) is 5.75 Å². The molecule has 7 nitrogen and oxygen atoms in total. The minimum Gasteiger partial charge on any atom is -0.497 e. The third kappa shape index (κ3) is 7.46. The van der Waals surface area contributed by atoms with Crippen molar-refractivity contribution in [3.8, 4) is 11.4 Å². The Morgan fingerprint density at radius 3 is 2.26 bits per heavy atom. The number of carbonyl (C=O) groups is 2. The standard InChI is InChI=1S/C31H42N4O3/c1-8-26(23-12-10-9-11-13-23)30(37)34(19-18-22(2)3)21-29(36)32-28-20-27(31(4,5)6)33-35(28)24-14-16-25(38-7)17-15-24/h9-17,20,22,26H,8,18-19,21H2,1-7H3,(H,32,36). The number of hydrogen-bond donors (Lipinski definition) is 1. The first-order valence-corrected chi connectivity index (χ1v) is 13.4. The van der Waals surface area contributed by atoms with Crippen LogP contribution in [0.15, 0.2) is 60.7 Å². The summed E-state index contributed by atoms with van der Waals surface area (Å²) >= 11 is 0. The number of carbonyl (C=O) groups excluding carboxylic acids is 2. The molecule has 1 unspecified atom stereocenters. The minimum absolute atomic E-state index is 0.0199. The summed E-state index contributed by atoms with van der Waals surface area (Å²) in [5.41, 5.74) is 2.42. The lowest BCUT2D eigenvalue weighted by Crippen LogP contribution is -2.41. The largest absolute Gasteiger partial charge is 0.497 e. The Bertz CT molecular complexity index is 1190. The predicted molar refractivity (Wildman–Crippen MR) is 153 cm³/mol. The van der Waals surface area contributed by atoms with Crippen molar-refractivity contribution >= 4 is 17.6 Å². The van der Waals surface area contributed by atoms with Crippen LogP contribution < -0.4 is 10.1 Å². The molecule has 2 amide bonds. The fraction of sp³-hybridized carbons (Fsp3) is 0.452. The molecule has 7 heteroatoms. The molecule has 0 fully saturated rings. The van der Waals surface area contributed by atoms with Gasteiger partial charge >= 0.3 is 0 Å². The van der Waals surface area contributed by atoms with Crippen molar-refractivity contribution in [2.24, 2.45) is 5.92 Å². The van der Waals surface area contributed by atoms with Crippen molar-refractivity contribution in [2.75, 3.05) is 25.5 Å². The second kappa shape index (κ2) is 12.8. The highest BCUT2D eigenvalue weighted by atomic mass is 16.5. The number of ether oxygens (including phenoxy) is 1. The van der Waals surface area contributed by atoms with Crippen LogP contribution in [-0.4, -0.2) is 46.7 Å². The van der Waals surface area contributed by atoms with Gasteiger partial charge in [-0.05, 0) is 48.6 Å². The highest BCUT2D eigenvalue weighted by Crippen LogP contribution is 2.27. The smallest absolute Gasteiger partial charge is 0.245 e. The van der Waals surface area contributed by atoms with E-state index < -0.39 is 0 Å². The zero-order chi connectivity index (χ0) is 27.9. The van der Waals surface area contributed by atoms with Crippen molar-refractivity contribution in [1.82, 2.24) is 14.7 Å². The Kier molecular flexibility index (Phi) is 9.72. The molecular formula is C31H42N4O3. The number of nitrogens with one attached hydrogen (secondary N) is 1. The fourth-order valence-electron chi connectivity index (χ4n) is 4.25. The Hall–Kier alpha value is -3.61. The Morgan fingerprint density at radius 2 is 1.71 bits per heavy atom. The van der Waals surface area contributed by atoms with Crippen LogP contribution in [0.1, 0.15) is 71.6 Å². The van der Waals surface area contributed by atoms with Gasteiger partial charge in [0.2, 0.25) is 11.8 Å². The van der Waals surface area contributed by atoms with E-state index in [4.69, 9.17) is 9.84 Å². The molecule has 1 heterocycles. The summed E-state index contributed by atoms with van der Waals surface area (Å²) in [5, 5.41) is 7.83. The monoisotopic (exact) mass is 518 g/mol. The fourth-order valence-corrected chi connectivity index (χ4v) is 4.25. The van der Waals surface area contributed by atoms with E-state index >= 15 is 0 Å². The molecule has 0 saturated carbocycles. The van der Waals surface area contributed by atoms with Crippen LogP contribution in [-0.2, 0) is 15.0 Å². The number of aromatic nitrogens is 2. The topological polar surface area (TPSA) is 76.5 Å². The molecule has 0 saturated heterocycles. The third-order valence-corrected chi connectivity index (χ3v) is 6.59. The van der Waals surface area contributed by atoms with Gasteiger partial charge in [-0.2, -0.15) is 5.10 Å². The summed E-state index contributed by atoms with van der Waals surface area (Å²) in [4.78, 5) is 28.8. The zero-order valence-corrected chi connectivity index (χ0v) is 23.8. The molecule has 0 bridgehead atoms. The molecule has 0 radical (unpaired) electrons. The molecule has 204 valence electrons. The summed E-state index contributed by atoms with van der Waals surface area (Å²) in [6.45, 7) is 13.0. The van der Waals surface area contributed by atoms with Crippen molar-refractivity contribution < 1.29 is 14.3 Å².